The van der Waals surface area contributed by atoms with Gasteiger partial charge in [-0.15, -0.1) is 0 Å². The number of rotatable bonds is 10. The van der Waals surface area contributed by atoms with Crippen molar-refractivity contribution in [1.82, 2.24) is 0 Å². The van der Waals surface area contributed by atoms with Gasteiger partial charge in [0.15, 0.2) is 11.5 Å². The SMILES string of the molecule is CCCCCCCCCc1ccccc1Oc1ccccc1O. The second kappa shape index (κ2) is 9.94. The monoisotopic (exact) mass is 312 g/mol. The second-order valence-electron chi connectivity index (χ2n) is 6.05. The van der Waals surface area contributed by atoms with Gasteiger partial charge in [0.05, 0.1) is 0 Å². The van der Waals surface area contributed by atoms with Gasteiger partial charge in [-0.1, -0.05) is 75.8 Å². The van der Waals surface area contributed by atoms with E-state index in [9.17, 15) is 5.11 Å². The van der Waals surface area contributed by atoms with E-state index in [1.54, 1.807) is 18.2 Å². The van der Waals surface area contributed by atoms with E-state index in [4.69, 9.17) is 4.74 Å². The topological polar surface area (TPSA) is 29.5 Å². The summed E-state index contributed by atoms with van der Waals surface area (Å²) in [5.41, 5.74) is 1.21. The van der Waals surface area contributed by atoms with Crippen molar-refractivity contribution in [1.29, 1.82) is 0 Å². The first-order valence-corrected chi connectivity index (χ1v) is 8.85. The molecule has 0 bridgehead atoms. The lowest BCUT2D eigenvalue weighted by molar-refractivity contribution is 0.408. The molecule has 0 aliphatic heterocycles. The number of unbranched alkanes of at least 4 members (excludes halogenated alkanes) is 6. The Balaban J connectivity index is 1.84. The third kappa shape index (κ3) is 5.97. The molecule has 124 valence electrons. The van der Waals surface area contributed by atoms with Crippen molar-refractivity contribution in [3.05, 3.63) is 54.1 Å². The van der Waals surface area contributed by atoms with Crippen LogP contribution in [0, 0.1) is 0 Å². The average molecular weight is 312 g/mol. The Kier molecular flexibility index (Phi) is 7.51. The molecular formula is C21H28O2. The minimum Gasteiger partial charge on any atom is -0.504 e. The number of para-hydroxylation sites is 3. The maximum atomic E-state index is 9.85. The van der Waals surface area contributed by atoms with Crippen molar-refractivity contribution >= 4 is 0 Å². The van der Waals surface area contributed by atoms with Crippen LogP contribution in [0.2, 0.25) is 0 Å². The van der Waals surface area contributed by atoms with E-state index in [1.165, 1.54) is 50.5 Å². The van der Waals surface area contributed by atoms with E-state index < -0.39 is 0 Å². The van der Waals surface area contributed by atoms with E-state index >= 15 is 0 Å². The van der Waals surface area contributed by atoms with Crippen molar-refractivity contribution in [2.24, 2.45) is 0 Å². The summed E-state index contributed by atoms with van der Waals surface area (Å²) in [6.45, 7) is 2.25. The number of hydrogen-bond acceptors (Lipinski definition) is 2. The zero-order valence-corrected chi connectivity index (χ0v) is 14.1. The first-order valence-electron chi connectivity index (χ1n) is 8.85. The van der Waals surface area contributed by atoms with E-state index in [2.05, 4.69) is 13.0 Å². The molecule has 0 amide bonds. The Morgan fingerprint density at radius 2 is 1.35 bits per heavy atom. The largest absolute Gasteiger partial charge is 0.504 e. The maximum absolute atomic E-state index is 9.85. The third-order valence-electron chi connectivity index (χ3n) is 4.11. The summed E-state index contributed by atoms with van der Waals surface area (Å²) in [7, 11) is 0. The van der Waals surface area contributed by atoms with Crippen LogP contribution in [0.25, 0.3) is 0 Å². The summed E-state index contributed by atoms with van der Waals surface area (Å²) in [6.07, 6.45) is 10.2. The average Bonchev–Trinajstić information content (AvgIpc) is 2.57. The molecule has 2 nitrogen and oxygen atoms in total. The summed E-state index contributed by atoms with van der Waals surface area (Å²) in [5, 5.41) is 9.85. The molecule has 0 aromatic heterocycles. The Morgan fingerprint density at radius 3 is 2.09 bits per heavy atom. The van der Waals surface area contributed by atoms with Crippen molar-refractivity contribution in [2.45, 2.75) is 58.3 Å². The molecule has 2 heteroatoms. The lowest BCUT2D eigenvalue weighted by Gasteiger charge is -2.12. The molecule has 0 atom stereocenters. The van der Waals surface area contributed by atoms with Crippen LogP contribution >= 0.6 is 0 Å². The minimum absolute atomic E-state index is 0.179. The van der Waals surface area contributed by atoms with Gasteiger partial charge in [-0.3, -0.25) is 0 Å². The van der Waals surface area contributed by atoms with Crippen LogP contribution in [0.3, 0.4) is 0 Å². The Bertz CT molecular complexity index is 578. The highest BCUT2D eigenvalue weighted by Gasteiger charge is 2.07. The zero-order valence-electron chi connectivity index (χ0n) is 14.1. The molecule has 2 rings (SSSR count). The Morgan fingerprint density at radius 1 is 0.739 bits per heavy atom. The highest BCUT2D eigenvalue weighted by atomic mass is 16.5. The highest BCUT2D eigenvalue weighted by Crippen LogP contribution is 2.32. The Labute approximate surface area is 140 Å². The lowest BCUT2D eigenvalue weighted by atomic mass is 10.0. The van der Waals surface area contributed by atoms with Crippen LogP contribution in [0.5, 0.6) is 17.2 Å². The highest BCUT2D eigenvalue weighted by molar-refractivity contribution is 5.44. The summed E-state index contributed by atoms with van der Waals surface area (Å²) < 4.78 is 5.90. The van der Waals surface area contributed by atoms with E-state index in [0.717, 1.165) is 12.2 Å². The number of ether oxygens (including phenoxy) is 1. The van der Waals surface area contributed by atoms with Crippen LogP contribution in [0.1, 0.15) is 57.4 Å². The van der Waals surface area contributed by atoms with E-state index in [-0.39, 0.29) is 5.75 Å². The predicted molar refractivity (Wildman–Crippen MR) is 96.3 cm³/mol. The van der Waals surface area contributed by atoms with Crippen molar-refractivity contribution in [2.75, 3.05) is 0 Å². The van der Waals surface area contributed by atoms with E-state index in [1.807, 2.05) is 24.3 Å². The fourth-order valence-electron chi connectivity index (χ4n) is 2.74. The Hall–Kier alpha value is -1.96. The van der Waals surface area contributed by atoms with Gasteiger partial charge in [0.25, 0.3) is 0 Å². The summed E-state index contributed by atoms with van der Waals surface area (Å²) in [5.74, 6) is 1.54. The molecule has 1 N–H and O–H groups in total. The molecule has 0 radical (unpaired) electrons. The van der Waals surface area contributed by atoms with Gasteiger partial charge < -0.3 is 9.84 Å². The summed E-state index contributed by atoms with van der Waals surface area (Å²) >= 11 is 0. The number of benzene rings is 2. The summed E-state index contributed by atoms with van der Waals surface area (Å²) in [6, 6.07) is 15.2. The van der Waals surface area contributed by atoms with Crippen LogP contribution in [-0.4, -0.2) is 5.11 Å². The molecule has 0 aliphatic rings. The molecular weight excluding hydrogens is 284 g/mol. The van der Waals surface area contributed by atoms with Crippen LogP contribution in [0.4, 0.5) is 0 Å². The number of phenols is 1. The molecule has 2 aromatic rings. The fourth-order valence-corrected chi connectivity index (χ4v) is 2.74. The normalized spacial score (nSPS) is 10.7. The number of hydrogen-bond donors (Lipinski definition) is 1. The first kappa shape index (κ1) is 17.4. The molecule has 0 unspecified atom stereocenters. The van der Waals surface area contributed by atoms with Gasteiger partial charge in [-0.25, -0.2) is 0 Å². The first-order chi connectivity index (χ1) is 11.3. The quantitative estimate of drug-likeness (QED) is 0.509. The molecule has 0 spiro atoms. The maximum Gasteiger partial charge on any atom is 0.169 e. The third-order valence-corrected chi connectivity index (χ3v) is 4.11. The fraction of sp³-hybridized carbons (Fsp3) is 0.429. The standard InChI is InChI=1S/C21H28O2/c1-2-3-4-5-6-7-8-13-18-14-9-11-16-20(18)23-21-17-12-10-15-19(21)22/h9-12,14-17,22H,2-8,13H2,1H3. The summed E-state index contributed by atoms with van der Waals surface area (Å²) in [4.78, 5) is 0. The van der Waals surface area contributed by atoms with Gasteiger partial charge in [0.1, 0.15) is 5.75 Å². The molecule has 2 aromatic carbocycles. The van der Waals surface area contributed by atoms with Crippen molar-refractivity contribution < 1.29 is 9.84 Å². The van der Waals surface area contributed by atoms with Crippen LogP contribution < -0.4 is 4.74 Å². The molecule has 0 fully saturated rings. The molecule has 0 saturated carbocycles. The van der Waals surface area contributed by atoms with E-state index in [0.29, 0.717) is 5.75 Å². The zero-order chi connectivity index (χ0) is 16.3. The van der Waals surface area contributed by atoms with Gasteiger partial charge in [-0.2, -0.15) is 0 Å². The van der Waals surface area contributed by atoms with Crippen molar-refractivity contribution in [3.8, 4) is 17.2 Å². The second-order valence-corrected chi connectivity index (χ2v) is 6.05. The van der Waals surface area contributed by atoms with Crippen LogP contribution in [0.15, 0.2) is 48.5 Å². The molecule has 0 heterocycles. The predicted octanol–water partition coefficient (Wildman–Crippen LogP) is 6.48. The minimum atomic E-state index is 0.179. The van der Waals surface area contributed by atoms with Gasteiger partial charge >= 0.3 is 0 Å². The van der Waals surface area contributed by atoms with Gasteiger partial charge in [0, 0.05) is 0 Å². The van der Waals surface area contributed by atoms with Crippen LogP contribution in [-0.2, 0) is 6.42 Å². The van der Waals surface area contributed by atoms with Gasteiger partial charge in [-0.05, 0) is 36.6 Å². The molecule has 0 saturated heterocycles. The number of aromatic hydroxyl groups is 1. The molecule has 0 aliphatic carbocycles. The number of phenolic OH excluding ortho intramolecular Hbond substituents is 1. The van der Waals surface area contributed by atoms with Crippen molar-refractivity contribution in [3.63, 3.8) is 0 Å². The smallest absolute Gasteiger partial charge is 0.169 e. The number of aryl methyl sites for hydroxylation is 1. The lowest BCUT2D eigenvalue weighted by Crippen LogP contribution is -1.93. The van der Waals surface area contributed by atoms with Gasteiger partial charge in [0.2, 0.25) is 0 Å². The molecule has 23 heavy (non-hydrogen) atoms.